The lowest BCUT2D eigenvalue weighted by Gasteiger charge is -2.06. The van der Waals surface area contributed by atoms with Gasteiger partial charge in [0.15, 0.2) is 0 Å². The number of hydrogen-bond acceptors (Lipinski definition) is 7. The number of methoxy groups -OCH3 is 4. The van der Waals surface area contributed by atoms with Crippen LogP contribution in [0.2, 0.25) is 0 Å². The second-order valence-electron chi connectivity index (χ2n) is 7.42. The Morgan fingerprint density at radius 2 is 1.31 bits per heavy atom. The summed E-state index contributed by atoms with van der Waals surface area (Å²) in [7, 11) is 6.38. The van der Waals surface area contributed by atoms with Crippen molar-refractivity contribution in [1.82, 2.24) is 0 Å². The van der Waals surface area contributed by atoms with Gasteiger partial charge in [-0.2, -0.15) is 5.26 Å². The summed E-state index contributed by atoms with van der Waals surface area (Å²) < 4.78 is 27.5. The Hall–Kier alpha value is -4.70. The van der Waals surface area contributed by atoms with E-state index in [2.05, 4.69) is 11.1 Å². The highest BCUT2D eigenvalue weighted by Crippen LogP contribution is 2.43. The minimum Gasteiger partial charge on any atom is -0.497 e. The zero-order valence-corrected chi connectivity index (χ0v) is 19.9. The highest BCUT2D eigenvalue weighted by Gasteiger charge is 2.23. The highest BCUT2D eigenvalue weighted by atomic mass is 16.5. The normalized spacial score (nSPS) is 10.7. The van der Waals surface area contributed by atoms with Crippen molar-refractivity contribution >= 4 is 12.1 Å². The number of furan rings is 1. The molecule has 35 heavy (non-hydrogen) atoms. The molecule has 0 aliphatic carbocycles. The molecule has 7 nitrogen and oxygen atoms in total. The van der Waals surface area contributed by atoms with Crippen molar-refractivity contribution in [3.05, 3.63) is 77.9 Å². The molecule has 0 aliphatic rings. The third-order valence-corrected chi connectivity index (χ3v) is 5.49. The van der Waals surface area contributed by atoms with E-state index >= 15 is 0 Å². The molecule has 0 atom stereocenters. The van der Waals surface area contributed by atoms with Crippen LogP contribution in [0.15, 0.2) is 76.1 Å². The van der Waals surface area contributed by atoms with Crippen LogP contribution in [0, 0.1) is 11.3 Å². The van der Waals surface area contributed by atoms with E-state index in [1.807, 2.05) is 60.7 Å². The topological polar surface area (TPSA) is 86.2 Å². The maximum absolute atomic E-state index is 10.1. The maximum atomic E-state index is 10.1. The predicted octanol–water partition coefficient (Wildman–Crippen LogP) is 6.27. The van der Waals surface area contributed by atoms with Gasteiger partial charge in [-0.25, -0.2) is 4.99 Å². The SMILES string of the molecule is COc1ccc(-c2oc(N=Cc3ccc(OC)cc3OC)c(C#N)c2-c2ccc(OC)cc2)cc1. The number of benzene rings is 3. The van der Waals surface area contributed by atoms with E-state index in [0.29, 0.717) is 39.7 Å². The van der Waals surface area contributed by atoms with Crippen LogP contribution in [0.3, 0.4) is 0 Å². The Morgan fingerprint density at radius 3 is 1.86 bits per heavy atom. The molecule has 0 saturated carbocycles. The molecule has 0 radical (unpaired) electrons. The van der Waals surface area contributed by atoms with Crippen LogP contribution in [-0.4, -0.2) is 34.7 Å². The third-order valence-electron chi connectivity index (χ3n) is 5.49. The van der Waals surface area contributed by atoms with Crippen molar-refractivity contribution in [3.63, 3.8) is 0 Å². The number of ether oxygens (including phenoxy) is 4. The van der Waals surface area contributed by atoms with Gasteiger partial charge < -0.3 is 23.4 Å². The van der Waals surface area contributed by atoms with Crippen LogP contribution in [0.25, 0.3) is 22.5 Å². The van der Waals surface area contributed by atoms with Crippen molar-refractivity contribution in [1.29, 1.82) is 5.26 Å². The lowest BCUT2D eigenvalue weighted by Crippen LogP contribution is -1.92. The smallest absolute Gasteiger partial charge is 0.238 e. The van der Waals surface area contributed by atoms with Crippen molar-refractivity contribution in [2.45, 2.75) is 0 Å². The first-order valence-electron chi connectivity index (χ1n) is 10.7. The largest absolute Gasteiger partial charge is 0.497 e. The van der Waals surface area contributed by atoms with E-state index in [0.717, 1.165) is 16.9 Å². The molecule has 1 aromatic heterocycles. The lowest BCUT2D eigenvalue weighted by molar-refractivity contribution is 0.394. The fourth-order valence-corrected chi connectivity index (χ4v) is 3.65. The third kappa shape index (κ3) is 4.82. The van der Waals surface area contributed by atoms with Gasteiger partial charge in [0.1, 0.15) is 40.4 Å². The number of aliphatic imine (C=N–C) groups is 1. The van der Waals surface area contributed by atoms with E-state index in [-0.39, 0.29) is 5.88 Å². The van der Waals surface area contributed by atoms with Gasteiger partial charge in [-0.15, -0.1) is 0 Å². The summed E-state index contributed by atoms with van der Waals surface area (Å²) in [5.74, 6) is 3.41. The fraction of sp³-hybridized carbons (Fsp3) is 0.143. The second-order valence-corrected chi connectivity index (χ2v) is 7.42. The van der Waals surface area contributed by atoms with Gasteiger partial charge in [-0.1, -0.05) is 12.1 Å². The Morgan fingerprint density at radius 1 is 0.743 bits per heavy atom. The molecule has 176 valence electrons. The van der Waals surface area contributed by atoms with Crippen molar-refractivity contribution in [3.8, 4) is 51.5 Å². The quantitative estimate of drug-likeness (QED) is 0.283. The predicted molar refractivity (Wildman–Crippen MR) is 134 cm³/mol. The van der Waals surface area contributed by atoms with Gasteiger partial charge in [0.05, 0.1) is 28.4 Å². The molecule has 7 heteroatoms. The Kier molecular flexibility index (Phi) is 7.03. The summed E-state index contributed by atoms with van der Waals surface area (Å²) in [6.45, 7) is 0. The molecular weight excluding hydrogens is 444 g/mol. The van der Waals surface area contributed by atoms with Crippen LogP contribution in [0.4, 0.5) is 5.88 Å². The van der Waals surface area contributed by atoms with E-state index in [1.54, 1.807) is 40.7 Å². The molecule has 0 saturated heterocycles. The Labute approximate surface area is 203 Å². The molecule has 0 N–H and O–H groups in total. The van der Waals surface area contributed by atoms with Crippen LogP contribution in [-0.2, 0) is 0 Å². The van der Waals surface area contributed by atoms with Gasteiger partial charge in [0.2, 0.25) is 5.88 Å². The molecule has 0 amide bonds. The average molecular weight is 469 g/mol. The summed E-state index contributed by atoms with van der Waals surface area (Å²) in [6, 6.07) is 22.6. The van der Waals surface area contributed by atoms with Crippen molar-refractivity contribution in [2.24, 2.45) is 4.99 Å². The first-order valence-corrected chi connectivity index (χ1v) is 10.7. The minimum atomic E-state index is 0.196. The number of nitrogens with zero attached hydrogens (tertiary/aromatic N) is 2. The van der Waals surface area contributed by atoms with Crippen LogP contribution < -0.4 is 18.9 Å². The summed E-state index contributed by atoms with van der Waals surface area (Å²) >= 11 is 0. The van der Waals surface area contributed by atoms with Crippen molar-refractivity contribution in [2.75, 3.05) is 28.4 Å². The standard InChI is InChI=1S/C28H24N2O5/c1-31-21-10-5-18(6-11-21)26-24(16-29)28(35-27(26)19-7-12-22(32-2)13-8-19)30-17-20-9-14-23(33-3)15-25(20)34-4/h5-15,17H,1-4H3. The molecule has 0 unspecified atom stereocenters. The van der Waals surface area contributed by atoms with Crippen LogP contribution >= 0.6 is 0 Å². The zero-order chi connectivity index (χ0) is 24.8. The van der Waals surface area contributed by atoms with E-state index in [9.17, 15) is 5.26 Å². The highest BCUT2D eigenvalue weighted by molar-refractivity contribution is 5.91. The maximum Gasteiger partial charge on any atom is 0.238 e. The second kappa shape index (κ2) is 10.5. The first-order chi connectivity index (χ1) is 17.1. The number of hydrogen-bond donors (Lipinski definition) is 0. The molecule has 0 aliphatic heterocycles. The zero-order valence-electron chi connectivity index (χ0n) is 19.9. The van der Waals surface area contributed by atoms with E-state index < -0.39 is 0 Å². The molecule has 4 aromatic rings. The fourth-order valence-electron chi connectivity index (χ4n) is 3.65. The molecule has 3 aromatic carbocycles. The summed E-state index contributed by atoms with van der Waals surface area (Å²) in [4.78, 5) is 4.53. The lowest BCUT2D eigenvalue weighted by atomic mass is 9.98. The van der Waals surface area contributed by atoms with Crippen LogP contribution in [0.5, 0.6) is 23.0 Å². The van der Waals surface area contributed by atoms with Gasteiger partial charge >= 0.3 is 0 Å². The molecule has 0 fully saturated rings. The number of rotatable bonds is 8. The number of nitriles is 1. The van der Waals surface area contributed by atoms with Crippen molar-refractivity contribution < 1.29 is 23.4 Å². The minimum absolute atomic E-state index is 0.196. The first kappa shape index (κ1) is 23.5. The molecule has 0 spiro atoms. The van der Waals surface area contributed by atoms with Gasteiger partial charge in [0, 0.05) is 29.0 Å². The molecule has 4 rings (SSSR count). The molecular formula is C28H24N2O5. The summed E-state index contributed by atoms with van der Waals surface area (Å²) in [6.07, 6.45) is 1.60. The monoisotopic (exact) mass is 468 g/mol. The van der Waals surface area contributed by atoms with Gasteiger partial charge in [-0.05, 0) is 54.1 Å². The Balaban J connectivity index is 1.86. The molecule has 0 bridgehead atoms. The van der Waals surface area contributed by atoms with Gasteiger partial charge in [0.25, 0.3) is 0 Å². The molecule has 1 heterocycles. The summed E-state index contributed by atoms with van der Waals surface area (Å²) in [5.41, 5.74) is 3.28. The van der Waals surface area contributed by atoms with E-state index in [4.69, 9.17) is 23.4 Å². The summed E-state index contributed by atoms with van der Waals surface area (Å²) in [5, 5.41) is 10.1. The Bertz CT molecular complexity index is 1380. The van der Waals surface area contributed by atoms with E-state index in [1.165, 1.54) is 0 Å². The van der Waals surface area contributed by atoms with Crippen LogP contribution in [0.1, 0.15) is 11.1 Å². The average Bonchev–Trinajstić information content (AvgIpc) is 3.30. The van der Waals surface area contributed by atoms with Gasteiger partial charge in [-0.3, -0.25) is 0 Å².